The third kappa shape index (κ3) is 7.30. The van der Waals surface area contributed by atoms with Crippen LogP contribution in [0.4, 0.5) is 0 Å². The fourth-order valence-electron chi connectivity index (χ4n) is 3.88. The van der Waals surface area contributed by atoms with E-state index in [-0.39, 0.29) is 18.0 Å². The molecule has 0 saturated heterocycles. The van der Waals surface area contributed by atoms with Crippen LogP contribution in [0.15, 0.2) is 107 Å². The van der Waals surface area contributed by atoms with Crippen LogP contribution in [-0.4, -0.2) is 43.8 Å². The zero-order chi connectivity index (χ0) is 27.7. The number of methoxy groups -OCH3 is 1. The number of carbonyl (C=O) groups is 2. The minimum Gasteiger partial charge on any atom is -0.497 e. The number of carbonyl (C=O) groups excluding carboxylic acids is 2. The number of aromatic nitrogens is 1. The highest BCUT2D eigenvalue weighted by Crippen LogP contribution is 2.24. The van der Waals surface area contributed by atoms with E-state index in [0.29, 0.717) is 17.1 Å². The Morgan fingerprint density at radius 1 is 0.974 bits per heavy atom. The largest absolute Gasteiger partial charge is 0.497 e. The molecule has 202 valence electrons. The quantitative estimate of drug-likeness (QED) is 0.278. The maximum atomic E-state index is 13.6. The second kappa shape index (κ2) is 12.9. The zero-order valence-corrected chi connectivity index (χ0v) is 22.0. The topological polar surface area (TPSA) is 131 Å². The first-order valence-electron chi connectivity index (χ1n) is 12.0. The summed E-state index contributed by atoms with van der Waals surface area (Å²) in [6, 6.07) is 20.5. The van der Waals surface area contributed by atoms with Crippen LogP contribution in [0.2, 0.25) is 0 Å². The molecule has 0 unspecified atom stereocenters. The van der Waals surface area contributed by atoms with Crippen molar-refractivity contribution in [3.8, 4) is 5.75 Å². The van der Waals surface area contributed by atoms with E-state index in [9.17, 15) is 18.0 Å². The Morgan fingerprint density at radius 3 is 2.33 bits per heavy atom. The van der Waals surface area contributed by atoms with E-state index < -0.39 is 34.4 Å². The third-order valence-electron chi connectivity index (χ3n) is 5.90. The van der Waals surface area contributed by atoms with Gasteiger partial charge in [-0.05, 0) is 59.7 Å². The minimum absolute atomic E-state index is 0.0262. The maximum absolute atomic E-state index is 13.6. The number of ether oxygens (including phenoxy) is 1. The molecule has 0 aliphatic carbocycles. The van der Waals surface area contributed by atoms with Gasteiger partial charge in [-0.15, -0.1) is 0 Å². The summed E-state index contributed by atoms with van der Waals surface area (Å²) in [4.78, 5) is 32.5. The summed E-state index contributed by atoms with van der Waals surface area (Å²) in [6.07, 6.45) is 4.50. The molecular formula is C28H28N4O6S. The van der Waals surface area contributed by atoms with E-state index >= 15 is 0 Å². The molecule has 0 aliphatic rings. The van der Waals surface area contributed by atoms with Crippen molar-refractivity contribution < 1.29 is 27.2 Å². The summed E-state index contributed by atoms with van der Waals surface area (Å²) in [5.74, 6) is 0.0411. The summed E-state index contributed by atoms with van der Waals surface area (Å²) in [5, 5.41) is 2.88. The molecule has 0 aliphatic heterocycles. The first kappa shape index (κ1) is 27.6. The highest BCUT2D eigenvalue weighted by molar-refractivity contribution is 7.89. The van der Waals surface area contributed by atoms with Gasteiger partial charge in [-0.1, -0.05) is 30.3 Å². The van der Waals surface area contributed by atoms with Gasteiger partial charge < -0.3 is 19.4 Å². The molecule has 0 bridgehead atoms. The molecule has 2 aromatic carbocycles. The number of rotatable bonds is 12. The monoisotopic (exact) mass is 548 g/mol. The Bertz CT molecular complexity index is 1460. The molecular weight excluding hydrogens is 520 g/mol. The Hall–Kier alpha value is -4.48. The standard InChI is InChI=1S/C28H28N4O6S/c1-37-23-11-9-21(10-12-23)18-30-28(34)27(22-13-15-29-16-14-22)32(20-24-6-5-17-38-24)26(33)19-31-39(35,36)25-7-3-2-4-8-25/h2-17,27,31H,18-20H2,1H3,(H,30,34)/t27-/m1/s1. The van der Waals surface area contributed by atoms with Crippen molar-refractivity contribution in [1.82, 2.24) is 19.9 Å². The van der Waals surface area contributed by atoms with Crippen molar-refractivity contribution in [1.29, 1.82) is 0 Å². The van der Waals surface area contributed by atoms with Crippen LogP contribution >= 0.6 is 0 Å². The van der Waals surface area contributed by atoms with Crippen molar-refractivity contribution in [3.05, 3.63) is 114 Å². The molecule has 0 radical (unpaired) electrons. The summed E-state index contributed by atoms with van der Waals surface area (Å²) in [7, 11) is -2.39. The number of amides is 2. The summed E-state index contributed by atoms with van der Waals surface area (Å²) >= 11 is 0. The van der Waals surface area contributed by atoms with Crippen LogP contribution in [0.1, 0.15) is 22.9 Å². The fraction of sp³-hybridized carbons (Fsp3) is 0.179. The number of nitrogens with one attached hydrogen (secondary N) is 2. The van der Waals surface area contributed by atoms with E-state index in [1.807, 2.05) is 12.1 Å². The van der Waals surface area contributed by atoms with E-state index in [2.05, 4.69) is 15.0 Å². The lowest BCUT2D eigenvalue weighted by Crippen LogP contribution is -2.46. The number of hydrogen-bond acceptors (Lipinski definition) is 7. The van der Waals surface area contributed by atoms with Crippen molar-refractivity contribution in [2.45, 2.75) is 24.0 Å². The van der Waals surface area contributed by atoms with Gasteiger partial charge in [-0.2, -0.15) is 0 Å². The summed E-state index contributed by atoms with van der Waals surface area (Å²) < 4.78 is 38.5. The minimum atomic E-state index is -3.96. The van der Waals surface area contributed by atoms with Crippen molar-refractivity contribution in [2.75, 3.05) is 13.7 Å². The van der Waals surface area contributed by atoms with Gasteiger partial charge in [-0.25, -0.2) is 13.1 Å². The smallest absolute Gasteiger partial charge is 0.247 e. The first-order chi connectivity index (χ1) is 18.9. The van der Waals surface area contributed by atoms with Crippen LogP contribution in [0.3, 0.4) is 0 Å². The predicted molar refractivity (Wildman–Crippen MR) is 143 cm³/mol. The molecule has 0 saturated carbocycles. The lowest BCUT2D eigenvalue weighted by Gasteiger charge is -2.31. The Morgan fingerprint density at radius 2 is 1.69 bits per heavy atom. The Labute approximate surface area is 226 Å². The molecule has 2 N–H and O–H groups in total. The molecule has 39 heavy (non-hydrogen) atoms. The summed E-state index contributed by atoms with van der Waals surface area (Å²) in [5.41, 5.74) is 1.33. The molecule has 4 rings (SSSR count). The van der Waals surface area contributed by atoms with Crippen molar-refractivity contribution in [3.63, 3.8) is 0 Å². The average Bonchev–Trinajstić information content (AvgIpc) is 3.49. The van der Waals surface area contributed by atoms with Gasteiger partial charge >= 0.3 is 0 Å². The van der Waals surface area contributed by atoms with Gasteiger partial charge in [-0.3, -0.25) is 14.6 Å². The van der Waals surface area contributed by atoms with Gasteiger partial charge in [0.25, 0.3) is 0 Å². The number of furan rings is 1. The highest BCUT2D eigenvalue weighted by atomic mass is 32.2. The first-order valence-corrected chi connectivity index (χ1v) is 13.5. The average molecular weight is 549 g/mol. The fourth-order valence-corrected chi connectivity index (χ4v) is 4.88. The van der Waals surface area contributed by atoms with Crippen LogP contribution in [0.5, 0.6) is 5.75 Å². The van der Waals surface area contributed by atoms with E-state index in [1.54, 1.807) is 61.7 Å². The van der Waals surface area contributed by atoms with E-state index in [1.165, 1.54) is 35.7 Å². The third-order valence-corrected chi connectivity index (χ3v) is 7.32. The van der Waals surface area contributed by atoms with Gasteiger partial charge in [0.2, 0.25) is 21.8 Å². The Balaban J connectivity index is 1.59. The number of pyridine rings is 1. The molecule has 0 spiro atoms. The number of sulfonamides is 1. The molecule has 11 heteroatoms. The molecule has 1 atom stereocenters. The number of nitrogens with zero attached hydrogens (tertiary/aromatic N) is 2. The lowest BCUT2D eigenvalue weighted by atomic mass is 10.0. The SMILES string of the molecule is COc1ccc(CNC(=O)[C@@H](c2ccncc2)N(Cc2ccco2)C(=O)CNS(=O)(=O)c2ccccc2)cc1. The van der Waals surface area contributed by atoms with E-state index in [4.69, 9.17) is 9.15 Å². The molecule has 2 heterocycles. The van der Waals surface area contributed by atoms with Gasteiger partial charge in [0.15, 0.2) is 0 Å². The van der Waals surface area contributed by atoms with Crippen molar-refractivity contribution in [2.24, 2.45) is 0 Å². The normalized spacial score (nSPS) is 11.9. The van der Waals surface area contributed by atoms with Crippen LogP contribution < -0.4 is 14.8 Å². The van der Waals surface area contributed by atoms with E-state index in [0.717, 1.165) is 5.56 Å². The van der Waals surface area contributed by atoms with Crippen LogP contribution in [0.25, 0.3) is 0 Å². The number of benzene rings is 2. The molecule has 0 fully saturated rings. The molecule has 10 nitrogen and oxygen atoms in total. The van der Waals surface area contributed by atoms with Gasteiger partial charge in [0, 0.05) is 18.9 Å². The zero-order valence-electron chi connectivity index (χ0n) is 21.2. The molecule has 2 aromatic heterocycles. The number of hydrogen-bond donors (Lipinski definition) is 2. The van der Waals surface area contributed by atoms with Gasteiger partial charge in [0.05, 0.1) is 31.4 Å². The second-order valence-electron chi connectivity index (χ2n) is 8.49. The molecule has 2 amide bonds. The maximum Gasteiger partial charge on any atom is 0.247 e. The highest BCUT2D eigenvalue weighted by Gasteiger charge is 2.32. The second-order valence-corrected chi connectivity index (χ2v) is 10.3. The van der Waals surface area contributed by atoms with Crippen molar-refractivity contribution >= 4 is 21.8 Å². The predicted octanol–water partition coefficient (Wildman–Crippen LogP) is 3.05. The molecule has 4 aromatic rings. The van der Waals surface area contributed by atoms with Gasteiger partial charge in [0.1, 0.15) is 17.6 Å². The Kier molecular flexibility index (Phi) is 9.08. The lowest BCUT2D eigenvalue weighted by molar-refractivity contribution is -0.141. The van der Waals surface area contributed by atoms with Crippen LogP contribution in [0, 0.1) is 0 Å². The van der Waals surface area contributed by atoms with Crippen LogP contribution in [-0.2, 0) is 32.7 Å². The summed E-state index contributed by atoms with van der Waals surface area (Å²) in [6.45, 7) is -0.430.